The number of methoxy groups -OCH3 is 1. The first-order chi connectivity index (χ1) is 13.2. The third kappa shape index (κ3) is 5.93. The molecule has 3 rings (SSSR count). The summed E-state index contributed by atoms with van der Waals surface area (Å²) >= 11 is 1.49. The van der Waals surface area contributed by atoms with Gasteiger partial charge in [-0.3, -0.25) is 4.98 Å². The Bertz CT molecular complexity index is 873. The second-order valence-electron chi connectivity index (χ2n) is 5.62. The van der Waals surface area contributed by atoms with Crippen LogP contribution in [0.2, 0.25) is 0 Å². The molecule has 2 aromatic carbocycles. The second-order valence-corrected chi connectivity index (χ2v) is 6.50. The van der Waals surface area contributed by atoms with E-state index in [0.717, 1.165) is 27.6 Å². The monoisotopic (exact) mass is 380 g/mol. The van der Waals surface area contributed by atoms with Crippen molar-refractivity contribution in [3.05, 3.63) is 78.6 Å². The maximum absolute atomic E-state index is 12.0. The highest BCUT2D eigenvalue weighted by atomic mass is 32.2. The Morgan fingerprint density at radius 2 is 1.81 bits per heavy atom. The number of pyridine rings is 1. The van der Waals surface area contributed by atoms with Gasteiger partial charge in [0.2, 0.25) is 0 Å². The van der Waals surface area contributed by atoms with E-state index in [1.807, 2.05) is 60.7 Å². The Hall–Kier alpha value is -3.19. The van der Waals surface area contributed by atoms with E-state index in [4.69, 9.17) is 4.74 Å². The summed E-state index contributed by atoms with van der Waals surface area (Å²) in [6.45, 7) is 0.451. The largest absolute Gasteiger partial charge is 0.497 e. The average Bonchev–Trinajstić information content (AvgIpc) is 2.73. The number of ether oxygens (including phenoxy) is 1. The molecule has 0 unspecified atom stereocenters. The quantitative estimate of drug-likeness (QED) is 0.525. The van der Waals surface area contributed by atoms with Crippen molar-refractivity contribution in [1.82, 2.24) is 10.3 Å². The van der Waals surface area contributed by atoms with Crippen molar-refractivity contribution in [3.8, 4) is 5.75 Å². The molecule has 7 heteroatoms. The summed E-state index contributed by atoms with van der Waals surface area (Å²) in [5.74, 6) is 0.804. The van der Waals surface area contributed by atoms with Crippen molar-refractivity contribution in [3.63, 3.8) is 0 Å². The molecule has 3 N–H and O–H groups in total. The van der Waals surface area contributed by atoms with Gasteiger partial charge in [-0.2, -0.15) is 0 Å². The minimum absolute atomic E-state index is 0.248. The van der Waals surface area contributed by atoms with Crippen LogP contribution in [0.4, 0.5) is 16.2 Å². The minimum Gasteiger partial charge on any atom is -0.497 e. The number of carbonyl (C=O) groups excluding carboxylic acids is 1. The molecule has 0 aliphatic rings. The number of hydrogen-bond donors (Lipinski definition) is 3. The van der Waals surface area contributed by atoms with E-state index >= 15 is 0 Å². The number of carbonyl (C=O) groups is 1. The van der Waals surface area contributed by atoms with Gasteiger partial charge in [-0.15, -0.1) is 0 Å². The van der Waals surface area contributed by atoms with Crippen molar-refractivity contribution in [2.24, 2.45) is 0 Å². The third-order valence-electron chi connectivity index (χ3n) is 3.67. The molecule has 0 saturated heterocycles. The van der Waals surface area contributed by atoms with Crippen LogP contribution in [0.5, 0.6) is 5.75 Å². The number of anilines is 2. The van der Waals surface area contributed by atoms with Gasteiger partial charge in [-0.25, -0.2) is 4.79 Å². The zero-order valence-corrected chi connectivity index (χ0v) is 15.6. The molecular weight excluding hydrogens is 360 g/mol. The number of rotatable bonds is 7. The zero-order chi connectivity index (χ0) is 18.9. The summed E-state index contributed by atoms with van der Waals surface area (Å²) in [6.07, 6.45) is 3.40. The first kappa shape index (κ1) is 18.6. The molecule has 0 radical (unpaired) electrons. The second kappa shape index (κ2) is 9.49. The van der Waals surface area contributed by atoms with Crippen LogP contribution >= 0.6 is 11.9 Å². The Kier molecular flexibility index (Phi) is 6.54. The normalized spacial score (nSPS) is 10.1. The van der Waals surface area contributed by atoms with Crippen molar-refractivity contribution >= 4 is 29.4 Å². The summed E-state index contributed by atoms with van der Waals surface area (Å²) in [4.78, 5) is 17.0. The van der Waals surface area contributed by atoms with E-state index in [1.54, 1.807) is 19.5 Å². The standard InChI is InChI=1S/C20H20N4O2S/c1-26-18-4-2-3-17(13-18)24-27-19-7-5-16(6-8-19)23-20(25)22-14-15-9-11-21-12-10-15/h2-13,24H,14H2,1H3,(H2,22,23,25). The molecule has 138 valence electrons. The van der Waals surface area contributed by atoms with Crippen LogP contribution in [0.3, 0.4) is 0 Å². The fourth-order valence-corrected chi connectivity index (χ4v) is 2.90. The Balaban J connectivity index is 1.47. The van der Waals surface area contributed by atoms with Gasteiger partial charge in [0.05, 0.1) is 7.11 Å². The third-order valence-corrected chi connectivity index (χ3v) is 4.52. The van der Waals surface area contributed by atoms with Crippen molar-refractivity contribution in [2.45, 2.75) is 11.4 Å². The first-order valence-electron chi connectivity index (χ1n) is 8.34. The van der Waals surface area contributed by atoms with E-state index in [1.165, 1.54) is 11.9 Å². The number of aromatic nitrogens is 1. The smallest absolute Gasteiger partial charge is 0.319 e. The van der Waals surface area contributed by atoms with Crippen LogP contribution in [0.1, 0.15) is 5.56 Å². The van der Waals surface area contributed by atoms with Crippen LogP contribution in [-0.2, 0) is 6.54 Å². The van der Waals surface area contributed by atoms with Crippen LogP contribution < -0.4 is 20.1 Å². The van der Waals surface area contributed by atoms with Crippen LogP contribution in [0, 0.1) is 0 Å². The lowest BCUT2D eigenvalue weighted by atomic mass is 10.3. The van der Waals surface area contributed by atoms with E-state index in [9.17, 15) is 4.79 Å². The molecule has 1 heterocycles. The molecule has 6 nitrogen and oxygen atoms in total. The molecule has 0 aliphatic carbocycles. The van der Waals surface area contributed by atoms with E-state index in [-0.39, 0.29) is 6.03 Å². The number of amides is 2. The van der Waals surface area contributed by atoms with E-state index in [2.05, 4.69) is 20.3 Å². The summed E-state index contributed by atoms with van der Waals surface area (Å²) in [5, 5.41) is 5.63. The molecule has 2 amide bonds. The predicted molar refractivity (Wildman–Crippen MR) is 109 cm³/mol. The maximum Gasteiger partial charge on any atom is 0.319 e. The summed E-state index contributed by atoms with van der Waals surface area (Å²) in [6, 6.07) is 18.8. The van der Waals surface area contributed by atoms with Gasteiger partial charge in [0.15, 0.2) is 0 Å². The highest BCUT2D eigenvalue weighted by molar-refractivity contribution is 8.00. The number of benzene rings is 2. The Morgan fingerprint density at radius 1 is 1.04 bits per heavy atom. The van der Waals surface area contributed by atoms with Crippen molar-refractivity contribution < 1.29 is 9.53 Å². The fraction of sp³-hybridized carbons (Fsp3) is 0.100. The first-order valence-corrected chi connectivity index (χ1v) is 9.15. The van der Waals surface area contributed by atoms with Gasteiger partial charge in [0.25, 0.3) is 0 Å². The van der Waals surface area contributed by atoms with Gasteiger partial charge in [-0.05, 0) is 66.0 Å². The van der Waals surface area contributed by atoms with E-state index in [0.29, 0.717) is 6.54 Å². The zero-order valence-electron chi connectivity index (χ0n) is 14.8. The molecule has 1 aromatic heterocycles. The molecule has 0 saturated carbocycles. The fourth-order valence-electron chi connectivity index (χ4n) is 2.27. The Labute approximate surface area is 162 Å². The predicted octanol–water partition coefficient (Wildman–Crippen LogP) is 4.53. The number of hydrogen-bond acceptors (Lipinski definition) is 5. The van der Waals surface area contributed by atoms with Gasteiger partial charge in [0, 0.05) is 41.3 Å². The lowest BCUT2D eigenvalue weighted by molar-refractivity contribution is 0.251. The van der Waals surface area contributed by atoms with Gasteiger partial charge >= 0.3 is 6.03 Å². The molecular formula is C20H20N4O2S. The highest BCUT2D eigenvalue weighted by Gasteiger charge is 2.03. The van der Waals surface area contributed by atoms with Crippen molar-refractivity contribution in [2.75, 3.05) is 17.1 Å². The number of nitrogens with one attached hydrogen (secondary N) is 3. The van der Waals surface area contributed by atoms with Crippen LogP contribution in [0.25, 0.3) is 0 Å². The topological polar surface area (TPSA) is 75.3 Å². The van der Waals surface area contributed by atoms with Crippen LogP contribution in [0.15, 0.2) is 78.0 Å². The van der Waals surface area contributed by atoms with Crippen molar-refractivity contribution in [1.29, 1.82) is 0 Å². The summed E-state index contributed by atoms with van der Waals surface area (Å²) < 4.78 is 8.48. The molecule has 0 aliphatic heterocycles. The molecule has 0 fully saturated rings. The van der Waals surface area contributed by atoms with E-state index < -0.39 is 0 Å². The maximum atomic E-state index is 12.0. The number of urea groups is 1. The minimum atomic E-state index is -0.248. The molecule has 27 heavy (non-hydrogen) atoms. The number of nitrogens with zero attached hydrogens (tertiary/aromatic N) is 1. The van der Waals surface area contributed by atoms with Crippen LogP contribution in [-0.4, -0.2) is 18.1 Å². The lowest BCUT2D eigenvalue weighted by Gasteiger charge is -2.09. The van der Waals surface area contributed by atoms with Gasteiger partial charge in [-0.1, -0.05) is 6.07 Å². The summed E-state index contributed by atoms with van der Waals surface area (Å²) in [7, 11) is 1.64. The molecule has 0 bridgehead atoms. The van der Waals surface area contributed by atoms with Gasteiger partial charge < -0.3 is 20.1 Å². The molecule has 0 atom stereocenters. The summed E-state index contributed by atoms with van der Waals surface area (Å²) in [5.41, 5.74) is 2.68. The highest BCUT2D eigenvalue weighted by Crippen LogP contribution is 2.25. The Morgan fingerprint density at radius 3 is 2.56 bits per heavy atom. The molecule has 0 spiro atoms. The molecule has 3 aromatic rings. The SMILES string of the molecule is COc1cccc(NSc2ccc(NC(=O)NCc3ccncc3)cc2)c1. The average molecular weight is 380 g/mol. The van der Waals surface area contributed by atoms with Gasteiger partial charge in [0.1, 0.15) is 5.75 Å². The lowest BCUT2D eigenvalue weighted by Crippen LogP contribution is -2.28.